The molecule has 90 valence electrons. The summed E-state index contributed by atoms with van der Waals surface area (Å²) in [4.78, 5) is 12.4. The summed E-state index contributed by atoms with van der Waals surface area (Å²) in [5, 5.41) is 0. The van der Waals surface area contributed by atoms with Crippen molar-refractivity contribution in [3.05, 3.63) is 29.8 Å². The van der Waals surface area contributed by atoms with E-state index in [1.165, 1.54) is 4.90 Å². The fourth-order valence-electron chi connectivity index (χ4n) is 0.888. The Labute approximate surface area is 97.0 Å². The maximum Gasteiger partial charge on any atom is 0.409 e. The van der Waals surface area contributed by atoms with Gasteiger partial charge in [-0.25, -0.2) is 4.79 Å². The Bertz CT molecular complexity index is 307. The minimum Gasteiger partial charge on any atom is -0.445 e. The molecule has 0 aliphatic rings. The van der Waals surface area contributed by atoms with E-state index in [0.29, 0.717) is 5.69 Å². The van der Waals surface area contributed by atoms with E-state index in [4.69, 9.17) is 10.5 Å². The smallest absolute Gasteiger partial charge is 0.409 e. The van der Waals surface area contributed by atoms with Gasteiger partial charge in [-0.15, -0.1) is 0 Å². The lowest BCUT2D eigenvalue weighted by molar-refractivity contribution is 0.112. The summed E-state index contributed by atoms with van der Waals surface area (Å²) < 4.78 is 4.98. The number of amides is 1. The van der Waals surface area contributed by atoms with E-state index in [2.05, 4.69) is 0 Å². The van der Waals surface area contributed by atoms with Crippen LogP contribution in [0.5, 0.6) is 0 Å². The van der Waals surface area contributed by atoms with Crippen molar-refractivity contribution in [2.45, 2.75) is 20.5 Å². The van der Waals surface area contributed by atoms with Crippen LogP contribution in [0.1, 0.15) is 19.4 Å². The molecular formula is C12H20N2O2. The number of carbonyl (C=O) groups excluding carboxylic acids is 1. The molecule has 0 aliphatic carbocycles. The van der Waals surface area contributed by atoms with Crippen molar-refractivity contribution in [2.75, 3.05) is 19.8 Å². The van der Waals surface area contributed by atoms with E-state index in [9.17, 15) is 4.79 Å². The predicted octanol–water partition coefficient (Wildman–Crippen LogP) is 2.49. The maximum atomic E-state index is 11.1. The summed E-state index contributed by atoms with van der Waals surface area (Å²) in [7, 11) is 3.29. The van der Waals surface area contributed by atoms with Crippen LogP contribution < -0.4 is 5.73 Å². The highest BCUT2D eigenvalue weighted by atomic mass is 16.6. The topological polar surface area (TPSA) is 55.6 Å². The van der Waals surface area contributed by atoms with E-state index in [0.717, 1.165) is 5.56 Å². The van der Waals surface area contributed by atoms with Gasteiger partial charge in [0.15, 0.2) is 0 Å². The molecule has 0 fully saturated rings. The van der Waals surface area contributed by atoms with Gasteiger partial charge in [0.05, 0.1) is 0 Å². The van der Waals surface area contributed by atoms with E-state index < -0.39 is 0 Å². The minimum absolute atomic E-state index is 0.275. The molecule has 1 amide bonds. The summed E-state index contributed by atoms with van der Waals surface area (Å²) in [6, 6.07) is 7.22. The SMILES string of the molecule is CC.CN(C)C(=O)OCc1ccc(N)cc1. The van der Waals surface area contributed by atoms with Gasteiger partial charge < -0.3 is 15.4 Å². The zero-order valence-electron chi connectivity index (χ0n) is 10.4. The molecule has 0 heterocycles. The molecule has 1 rings (SSSR count). The van der Waals surface area contributed by atoms with Crippen LogP contribution in [0.3, 0.4) is 0 Å². The van der Waals surface area contributed by atoms with Gasteiger partial charge in [-0.2, -0.15) is 0 Å². The van der Waals surface area contributed by atoms with Crippen molar-refractivity contribution >= 4 is 11.8 Å². The number of benzene rings is 1. The van der Waals surface area contributed by atoms with Crippen molar-refractivity contribution in [3.63, 3.8) is 0 Å². The van der Waals surface area contributed by atoms with Crippen LogP contribution in [0.2, 0.25) is 0 Å². The molecular weight excluding hydrogens is 204 g/mol. The van der Waals surface area contributed by atoms with E-state index in [1.807, 2.05) is 26.0 Å². The summed E-state index contributed by atoms with van der Waals surface area (Å²) in [5.74, 6) is 0. The third-order valence-corrected chi connectivity index (χ3v) is 1.71. The first kappa shape index (κ1) is 14.3. The summed E-state index contributed by atoms with van der Waals surface area (Å²) in [6.45, 7) is 4.28. The van der Waals surface area contributed by atoms with Crippen molar-refractivity contribution < 1.29 is 9.53 Å². The third-order valence-electron chi connectivity index (χ3n) is 1.71. The Kier molecular flexibility index (Phi) is 6.76. The highest BCUT2D eigenvalue weighted by Crippen LogP contribution is 2.06. The molecule has 1 aromatic rings. The van der Waals surface area contributed by atoms with Gasteiger partial charge in [0.2, 0.25) is 0 Å². The Morgan fingerprint density at radius 3 is 2.19 bits per heavy atom. The van der Waals surface area contributed by atoms with E-state index in [1.54, 1.807) is 26.2 Å². The molecule has 0 unspecified atom stereocenters. The number of nitrogens with two attached hydrogens (primary N) is 1. The van der Waals surface area contributed by atoms with Crippen LogP contribution in [0, 0.1) is 0 Å². The first-order chi connectivity index (χ1) is 7.59. The molecule has 0 aliphatic heterocycles. The Balaban J connectivity index is 0.00000106. The van der Waals surface area contributed by atoms with Gasteiger partial charge >= 0.3 is 6.09 Å². The first-order valence-corrected chi connectivity index (χ1v) is 5.28. The van der Waals surface area contributed by atoms with Crippen LogP contribution in [-0.2, 0) is 11.3 Å². The number of ether oxygens (including phenoxy) is 1. The summed E-state index contributed by atoms with van der Waals surface area (Å²) >= 11 is 0. The first-order valence-electron chi connectivity index (χ1n) is 5.28. The largest absolute Gasteiger partial charge is 0.445 e. The number of carbonyl (C=O) groups is 1. The molecule has 0 radical (unpaired) electrons. The summed E-state index contributed by atoms with van der Waals surface area (Å²) in [6.07, 6.45) is -0.346. The number of nitrogen functional groups attached to an aromatic ring is 1. The van der Waals surface area contributed by atoms with Crippen molar-refractivity contribution in [3.8, 4) is 0 Å². The molecule has 2 N–H and O–H groups in total. The molecule has 0 spiro atoms. The number of hydrogen-bond acceptors (Lipinski definition) is 3. The third kappa shape index (κ3) is 5.24. The highest BCUT2D eigenvalue weighted by Gasteiger charge is 2.04. The Morgan fingerprint density at radius 2 is 1.75 bits per heavy atom. The normalized spacial score (nSPS) is 8.75. The zero-order valence-corrected chi connectivity index (χ0v) is 10.4. The number of rotatable bonds is 2. The van der Waals surface area contributed by atoms with E-state index in [-0.39, 0.29) is 12.7 Å². The molecule has 0 aromatic heterocycles. The van der Waals surface area contributed by atoms with Crippen LogP contribution in [0.4, 0.5) is 10.5 Å². The predicted molar refractivity (Wildman–Crippen MR) is 66.1 cm³/mol. The van der Waals surface area contributed by atoms with Crippen molar-refractivity contribution in [1.29, 1.82) is 0 Å². The second kappa shape index (κ2) is 7.56. The second-order valence-corrected chi connectivity index (χ2v) is 3.19. The standard InChI is InChI=1S/C10H14N2O2.C2H6/c1-12(2)10(13)14-7-8-3-5-9(11)6-4-8;1-2/h3-6H,7,11H2,1-2H3;1-2H3. The van der Waals surface area contributed by atoms with Gasteiger partial charge in [-0.05, 0) is 17.7 Å². The van der Waals surface area contributed by atoms with Gasteiger partial charge in [-0.1, -0.05) is 26.0 Å². The molecule has 1 aromatic carbocycles. The molecule has 0 bridgehead atoms. The average Bonchev–Trinajstić information content (AvgIpc) is 2.30. The lowest BCUT2D eigenvalue weighted by Crippen LogP contribution is -2.22. The number of hydrogen-bond donors (Lipinski definition) is 1. The van der Waals surface area contributed by atoms with Gasteiger partial charge in [-0.3, -0.25) is 0 Å². The van der Waals surface area contributed by atoms with Gasteiger partial charge in [0, 0.05) is 19.8 Å². The number of anilines is 1. The fourth-order valence-corrected chi connectivity index (χ4v) is 0.888. The van der Waals surface area contributed by atoms with Crippen LogP contribution >= 0.6 is 0 Å². The fraction of sp³-hybridized carbons (Fsp3) is 0.417. The van der Waals surface area contributed by atoms with Gasteiger partial charge in [0.1, 0.15) is 6.61 Å². The lowest BCUT2D eigenvalue weighted by Gasteiger charge is -2.10. The Morgan fingerprint density at radius 1 is 1.25 bits per heavy atom. The van der Waals surface area contributed by atoms with Crippen molar-refractivity contribution in [2.24, 2.45) is 0 Å². The highest BCUT2D eigenvalue weighted by molar-refractivity contribution is 5.66. The molecule has 16 heavy (non-hydrogen) atoms. The maximum absolute atomic E-state index is 11.1. The number of nitrogens with zero attached hydrogens (tertiary/aromatic N) is 1. The minimum atomic E-state index is -0.346. The molecule has 0 saturated carbocycles. The molecule has 4 heteroatoms. The average molecular weight is 224 g/mol. The quantitative estimate of drug-likeness (QED) is 0.785. The van der Waals surface area contributed by atoms with Crippen LogP contribution in [0.25, 0.3) is 0 Å². The Hall–Kier alpha value is -1.71. The lowest BCUT2D eigenvalue weighted by atomic mass is 10.2. The molecule has 0 atom stereocenters. The van der Waals surface area contributed by atoms with Gasteiger partial charge in [0.25, 0.3) is 0 Å². The monoisotopic (exact) mass is 224 g/mol. The summed E-state index contributed by atoms with van der Waals surface area (Å²) in [5.41, 5.74) is 7.14. The van der Waals surface area contributed by atoms with Crippen molar-refractivity contribution in [1.82, 2.24) is 4.90 Å². The van der Waals surface area contributed by atoms with Crippen LogP contribution in [0.15, 0.2) is 24.3 Å². The van der Waals surface area contributed by atoms with E-state index >= 15 is 0 Å². The molecule has 0 saturated heterocycles. The van der Waals surface area contributed by atoms with Crippen LogP contribution in [-0.4, -0.2) is 25.1 Å². The zero-order chi connectivity index (χ0) is 12.6. The molecule has 4 nitrogen and oxygen atoms in total. The second-order valence-electron chi connectivity index (χ2n) is 3.19.